The number of imide groups is 2. The highest BCUT2D eigenvalue weighted by atomic mass is 79.9. The second kappa shape index (κ2) is 4.29. The molecule has 0 unspecified atom stereocenters. The number of amides is 4. The van der Waals surface area contributed by atoms with Gasteiger partial charge in [-0.1, -0.05) is 22.9 Å². The van der Waals surface area contributed by atoms with Crippen molar-refractivity contribution in [3.05, 3.63) is 28.2 Å². The van der Waals surface area contributed by atoms with E-state index in [1.54, 1.807) is 12.1 Å². The zero-order chi connectivity index (χ0) is 12.6. The fourth-order valence-corrected chi connectivity index (χ4v) is 2.08. The molecule has 1 aliphatic heterocycles. The van der Waals surface area contributed by atoms with Gasteiger partial charge in [-0.05, 0) is 30.2 Å². The van der Waals surface area contributed by atoms with Gasteiger partial charge < -0.3 is 0 Å². The number of benzene rings is 1. The standard InChI is InChI=1S/C11H9BrN2O3/c1-2-6-5-7(12)3-4-8(6)14-10(16)9(15)13-11(14)17/h3-5H,2H2,1H3,(H,13,15,17). The number of halogens is 1. The van der Waals surface area contributed by atoms with Crippen LogP contribution in [0.4, 0.5) is 10.5 Å². The number of hydrogen-bond acceptors (Lipinski definition) is 3. The zero-order valence-electron chi connectivity index (χ0n) is 8.99. The van der Waals surface area contributed by atoms with E-state index >= 15 is 0 Å². The Morgan fingerprint density at radius 2 is 2.00 bits per heavy atom. The van der Waals surface area contributed by atoms with E-state index in [0.717, 1.165) is 14.9 Å². The summed E-state index contributed by atoms with van der Waals surface area (Å²) in [7, 11) is 0. The SMILES string of the molecule is CCc1cc(Br)ccc1N1C(=O)NC(=O)C1=O. The van der Waals surface area contributed by atoms with Gasteiger partial charge in [0.2, 0.25) is 0 Å². The van der Waals surface area contributed by atoms with Crippen molar-refractivity contribution in [2.45, 2.75) is 13.3 Å². The zero-order valence-corrected chi connectivity index (χ0v) is 10.6. The van der Waals surface area contributed by atoms with Crippen molar-refractivity contribution in [1.82, 2.24) is 5.32 Å². The summed E-state index contributed by atoms with van der Waals surface area (Å²) in [5.41, 5.74) is 1.27. The summed E-state index contributed by atoms with van der Waals surface area (Å²) in [5, 5.41) is 1.97. The fourth-order valence-electron chi connectivity index (χ4n) is 1.67. The number of aryl methyl sites for hydroxylation is 1. The normalized spacial score (nSPS) is 15.4. The second-order valence-corrected chi connectivity index (χ2v) is 4.44. The Bertz CT molecular complexity index is 527. The molecule has 1 heterocycles. The largest absolute Gasteiger partial charge is 0.336 e. The number of hydrogen-bond donors (Lipinski definition) is 1. The van der Waals surface area contributed by atoms with Gasteiger partial charge in [-0.3, -0.25) is 14.9 Å². The molecule has 1 aromatic carbocycles. The van der Waals surface area contributed by atoms with Crippen LogP contribution < -0.4 is 10.2 Å². The summed E-state index contributed by atoms with van der Waals surface area (Å²) in [4.78, 5) is 35.0. The lowest BCUT2D eigenvalue weighted by Gasteiger charge is -2.15. The van der Waals surface area contributed by atoms with Crippen LogP contribution in [0.15, 0.2) is 22.7 Å². The van der Waals surface area contributed by atoms with Gasteiger partial charge in [-0.2, -0.15) is 0 Å². The first-order valence-corrected chi connectivity index (χ1v) is 5.81. The van der Waals surface area contributed by atoms with Crippen LogP contribution >= 0.6 is 15.9 Å². The van der Waals surface area contributed by atoms with E-state index in [4.69, 9.17) is 0 Å². The van der Waals surface area contributed by atoms with Gasteiger partial charge >= 0.3 is 17.8 Å². The van der Waals surface area contributed by atoms with Gasteiger partial charge in [0, 0.05) is 4.47 Å². The molecule has 0 saturated carbocycles. The second-order valence-electron chi connectivity index (χ2n) is 3.53. The van der Waals surface area contributed by atoms with Gasteiger partial charge in [-0.15, -0.1) is 0 Å². The average molecular weight is 297 g/mol. The van der Waals surface area contributed by atoms with E-state index < -0.39 is 17.8 Å². The molecule has 1 N–H and O–H groups in total. The van der Waals surface area contributed by atoms with Crippen molar-refractivity contribution < 1.29 is 14.4 Å². The first kappa shape index (κ1) is 11.8. The van der Waals surface area contributed by atoms with E-state index in [0.29, 0.717) is 12.1 Å². The monoisotopic (exact) mass is 296 g/mol. The van der Waals surface area contributed by atoms with Crippen LogP contribution in [0.1, 0.15) is 12.5 Å². The Labute approximate surface area is 106 Å². The van der Waals surface area contributed by atoms with Gasteiger partial charge in [0.15, 0.2) is 0 Å². The van der Waals surface area contributed by atoms with Crippen LogP contribution in [0, 0.1) is 0 Å². The maximum Gasteiger partial charge on any atom is 0.336 e. The molecule has 0 aliphatic carbocycles. The summed E-state index contributed by atoms with van der Waals surface area (Å²) in [6, 6.07) is 4.48. The van der Waals surface area contributed by atoms with Crippen LogP contribution in [0.25, 0.3) is 0 Å². The topological polar surface area (TPSA) is 66.5 Å². The smallest absolute Gasteiger partial charge is 0.269 e. The molecule has 0 spiro atoms. The predicted octanol–water partition coefficient (Wildman–Crippen LogP) is 1.59. The Balaban J connectivity index is 2.50. The number of urea groups is 1. The van der Waals surface area contributed by atoms with Gasteiger partial charge in [0.1, 0.15) is 0 Å². The molecule has 17 heavy (non-hydrogen) atoms. The first-order chi connectivity index (χ1) is 8.04. The lowest BCUT2D eigenvalue weighted by atomic mass is 10.1. The van der Waals surface area contributed by atoms with E-state index in [-0.39, 0.29) is 0 Å². The van der Waals surface area contributed by atoms with Crippen LogP contribution in [-0.2, 0) is 16.0 Å². The molecule has 5 nitrogen and oxygen atoms in total. The average Bonchev–Trinajstić information content (AvgIpc) is 2.54. The number of nitrogens with one attached hydrogen (secondary N) is 1. The molecule has 1 fully saturated rings. The third-order valence-corrected chi connectivity index (χ3v) is 2.98. The number of nitrogens with zero attached hydrogens (tertiary/aromatic N) is 1. The molecule has 4 amide bonds. The minimum Gasteiger partial charge on any atom is -0.269 e. The maximum absolute atomic E-state index is 11.6. The van der Waals surface area contributed by atoms with Crippen molar-refractivity contribution in [2.24, 2.45) is 0 Å². The Morgan fingerprint density at radius 1 is 1.29 bits per heavy atom. The summed E-state index contributed by atoms with van der Waals surface area (Å²) in [6.45, 7) is 1.91. The summed E-state index contributed by atoms with van der Waals surface area (Å²) < 4.78 is 0.858. The molecule has 0 radical (unpaired) electrons. The van der Waals surface area contributed by atoms with Crippen LogP contribution in [0.3, 0.4) is 0 Å². The van der Waals surface area contributed by atoms with Gasteiger partial charge in [-0.25, -0.2) is 9.69 Å². The third kappa shape index (κ3) is 1.95. The molecule has 6 heteroatoms. The number of carbonyl (C=O) groups excluding carboxylic acids is 3. The third-order valence-electron chi connectivity index (χ3n) is 2.48. The molecule has 0 atom stereocenters. The summed E-state index contributed by atoms with van der Waals surface area (Å²) in [5.74, 6) is -1.73. The Hall–Kier alpha value is -1.69. The Morgan fingerprint density at radius 3 is 2.53 bits per heavy atom. The maximum atomic E-state index is 11.6. The van der Waals surface area contributed by atoms with E-state index in [1.807, 2.05) is 18.3 Å². The molecule has 1 aromatic rings. The highest BCUT2D eigenvalue weighted by Crippen LogP contribution is 2.26. The quantitative estimate of drug-likeness (QED) is 0.666. The van der Waals surface area contributed by atoms with E-state index in [9.17, 15) is 14.4 Å². The predicted molar refractivity (Wildman–Crippen MR) is 64.5 cm³/mol. The van der Waals surface area contributed by atoms with Crippen molar-refractivity contribution in [3.63, 3.8) is 0 Å². The van der Waals surface area contributed by atoms with Crippen LogP contribution in [0.2, 0.25) is 0 Å². The van der Waals surface area contributed by atoms with E-state index in [2.05, 4.69) is 15.9 Å². The number of rotatable bonds is 2. The molecule has 0 bridgehead atoms. The van der Waals surface area contributed by atoms with Crippen LogP contribution in [0.5, 0.6) is 0 Å². The molecular weight excluding hydrogens is 288 g/mol. The number of carbonyl (C=O) groups is 3. The lowest BCUT2D eigenvalue weighted by molar-refractivity contribution is -0.134. The highest BCUT2D eigenvalue weighted by molar-refractivity contribution is 9.10. The molecular formula is C11H9BrN2O3. The van der Waals surface area contributed by atoms with Crippen molar-refractivity contribution >= 4 is 39.5 Å². The molecule has 0 aromatic heterocycles. The van der Waals surface area contributed by atoms with E-state index in [1.165, 1.54) is 0 Å². The Kier molecular flexibility index (Phi) is 2.97. The first-order valence-electron chi connectivity index (χ1n) is 5.02. The molecule has 1 aliphatic rings. The summed E-state index contributed by atoms with van der Waals surface area (Å²) in [6.07, 6.45) is 0.653. The van der Waals surface area contributed by atoms with Crippen molar-refractivity contribution in [3.8, 4) is 0 Å². The molecule has 1 saturated heterocycles. The van der Waals surface area contributed by atoms with Crippen LogP contribution in [-0.4, -0.2) is 17.8 Å². The minimum absolute atomic E-state index is 0.448. The van der Waals surface area contributed by atoms with Crippen molar-refractivity contribution in [1.29, 1.82) is 0 Å². The highest BCUT2D eigenvalue weighted by Gasteiger charge is 2.38. The molecule has 2 rings (SSSR count). The van der Waals surface area contributed by atoms with Crippen molar-refractivity contribution in [2.75, 3.05) is 4.90 Å². The van der Waals surface area contributed by atoms with Gasteiger partial charge in [0.25, 0.3) is 0 Å². The minimum atomic E-state index is -0.889. The van der Waals surface area contributed by atoms with Gasteiger partial charge in [0.05, 0.1) is 5.69 Å². The lowest BCUT2D eigenvalue weighted by Crippen LogP contribution is -2.31. The fraction of sp³-hybridized carbons (Fsp3) is 0.182. The molecule has 88 valence electrons. The summed E-state index contributed by atoms with van der Waals surface area (Å²) >= 11 is 3.32. The number of anilines is 1.